The monoisotopic (exact) mass is 233 g/mol. The van der Waals surface area contributed by atoms with Crippen LogP contribution in [0.15, 0.2) is 37.1 Å². The standard InChI is InChI=1S/C12H12ClN3/c1-2-6-15-12-9-3-4-10(13)11(14)8(9)5-7-16-12/h2-5,7H,1,6,14H2,(H,15,16). The van der Waals surface area contributed by atoms with Crippen LogP contribution in [0.2, 0.25) is 5.02 Å². The molecule has 0 amide bonds. The minimum atomic E-state index is 0.563. The van der Waals surface area contributed by atoms with Crippen LogP contribution in [0.5, 0.6) is 0 Å². The number of nitrogens with two attached hydrogens (primary N) is 1. The molecule has 0 radical (unpaired) electrons. The van der Waals surface area contributed by atoms with Crippen LogP contribution in [0.25, 0.3) is 10.8 Å². The van der Waals surface area contributed by atoms with Crippen molar-refractivity contribution >= 4 is 33.9 Å². The number of anilines is 2. The maximum Gasteiger partial charge on any atom is 0.134 e. The number of hydrogen-bond donors (Lipinski definition) is 2. The molecule has 0 fully saturated rings. The van der Waals surface area contributed by atoms with Gasteiger partial charge in [-0.1, -0.05) is 17.7 Å². The molecular formula is C12H12ClN3. The molecule has 0 aliphatic rings. The number of nitrogens with zero attached hydrogens (tertiary/aromatic N) is 1. The molecule has 0 saturated heterocycles. The first-order valence-electron chi connectivity index (χ1n) is 4.91. The third-order valence-corrected chi connectivity index (χ3v) is 2.68. The van der Waals surface area contributed by atoms with E-state index in [4.69, 9.17) is 17.3 Å². The van der Waals surface area contributed by atoms with E-state index in [1.807, 2.05) is 12.1 Å². The molecule has 16 heavy (non-hydrogen) atoms. The molecule has 1 aromatic carbocycles. The molecule has 3 N–H and O–H groups in total. The van der Waals surface area contributed by atoms with Crippen LogP contribution < -0.4 is 11.1 Å². The van der Waals surface area contributed by atoms with Gasteiger partial charge in [0.15, 0.2) is 0 Å². The van der Waals surface area contributed by atoms with Crippen LogP contribution in [-0.2, 0) is 0 Å². The minimum absolute atomic E-state index is 0.563. The fourth-order valence-corrected chi connectivity index (χ4v) is 1.73. The van der Waals surface area contributed by atoms with Gasteiger partial charge in [0.05, 0.1) is 10.7 Å². The summed E-state index contributed by atoms with van der Waals surface area (Å²) in [5.41, 5.74) is 6.49. The van der Waals surface area contributed by atoms with Crippen LogP contribution in [0, 0.1) is 0 Å². The second-order valence-electron chi connectivity index (χ2n) is 3.39. The maximum absolute atomic E-state index is 5.96. The Morgan fingerprint density at radius 2 is 2.19 bits per heavy atom. The van der Waals surface area contributed by atoms with Crippen molar-refractivity contribution in [2.75, 3.05) is 17.6 Å². The zero-order valence-electron chi connectivity index (χ0n) is 8.70. The molecule has 0 bridgehead atoms. The number of rotatable bonds is 3. The SMILES string of the molecule is C=CCNc1nccc2c(N)c(Cl)ccc12. The first kappa shape index (κ1) is 10.8. The molecule has 1 aromatic heterocycles. The highest BCUT2D eigenvalue weighted by Gasteiger charge is 2.06. The van der Waals surface area contributed by atoms with Gasteiger partial charge in [-0.2, -0.15) is 0 Å². The Morgan fingerprint density at radius 3 is 2.94 bits per heavy atom. The number of benzene rings is 1. The van der Waals surface area contributed by atoms with E-state index in [0.29, 0.717) is 17.3 Å². The topological polar surface area (TPSA) is 50.9 Å². The number of hydrogen-bond acceptors (Lipinski definition) is 3. The van der Waals surface area contributed by atoms with E-state index >= 15 is 0 Å². The molecule has 0 atom stereocenters. The summed E-state index contributed by atoms with van der Waals surface area (Å²) >= 11 is 5.96. The molecule has 2 aromatic rings. The van der Waals surface area contributed by atoms with Crippen LogP contribution >= 0.6 is 11.6 Å². The largest absolute Gasteiger partial charge is 0.397 e. The Hall–Kier alpha value is -1.74. The van der Waals surface area contributed by atoms with E-state index in [-0.39, 0.29) is 0 Å². The zero-order chi connectivity index (χ0) is 11.5. The Kier molecular flexibility index (Phi) is 2.97. The van der Waals surface area contributed by atoms with Crippen molar-refractivity contribution in [1.82, 2.24) is 4.98 Å². The number of nitrogens with one attached hydrogen (secondary N) is 1. The fourth-order valence-electron chi connectivity index (χ4n) is 1.56. The lowest BCUT2D eigenvalue weighted by Crippen LogP contribution is -2.01. The van der Waals surface area contributed by atoms with Crippen molar-refractivity contribution in [2.45, 2.75) is 0 Å². The van der Waals surface area contributed by atoms with Gasteiger partial charge in [0.2, 0.25) is 0 Å². The predicted molar refractivity (Wildman–Crippen MR) is 69.9 cm³/mol. The minimum Gasteiger partial charge on any atom is -0.397 e. The second-order valence-corrected chi connectivity index (χ2v) is 3.79. The highest BCUT2D eigenvalue weighted by atomic mass is 35.5. The molecule has 3 nitrogen and oxygen atoms in total. The highest BCUT2D eigenvalue weighted by Crippen LogP contribution is 2.31. The van der Waals surface area contributed by atoms with Gasteiger partial charge in [-0.3, -0.25) is 0 Å². The first-order chi connectivity index (χ1) is 7.74. The van der Waals surface area contributed by atoms with Crippen LogP contribution in [0.1, 0.15) is 0 Å². The quantitative estimate of drug-likeness (QED) is 0.633. The number of aromatic nitrogens is 1. The molecule has 0 saturated carbocycles. The lowest BCUT2D eigenvalue weighted by atomic mass is 10.1. The van der Waals surface area contributed by atoms with Gasteiger partial charge in [-0.05, 0) is 18.2 Å². The highest BCUT2D eigenvalue weighted by molar-refractivity contribution is 6.34. The summed E-state index contributed by atoms with van der Waals surface area (Å²) in [5, 5.41) is 5.59. The van der Waals surface area contributed by atoms with Crippen molar-refractivity contribution in [2.24, 2.45) is 0 Å². The zero-order valence-corrected chi connectivity index (χ0v) is 9.46. The molecule has 2 rings (SSSR count). The Balaban J connectivity index is 2.60. The van der Waals surface area contributed by atoms with Crippen molar-refractivity contribution in [3.8, 4) is 0 Å². The van der Waals surface area contributed by atoms with E-state index in [2.05, 4.69) is 16.9 Å². The van der Waals surface area contributed by atoms with Gasteiger partial charge in [0, 0.05) is 23.5 Å². The van der Waals surface area contributed by atoms with E-state index in [9.17, 15) is 0 Å². The summed E-state index contributed by atoms with van der Waals surface area (Å²) in [6, 6.07) is 5.54. The third kappa shape index (κ3) is 1.82. The van der Waals surface area contributed by atoms with E-state index in [1.54, 1.807) is 18.3 Å². The van der Waals surface area contributed by atoms with Gasteiger partial charge in [-0.15, -0.1) is 6.58 Å². The molecule has 0 aliphatic heterocycles. The molecule has 4 heteroatoms. The third-order valence-electron chi connectivity index (χ3n) is 2.35. The van der Waals surface area contributed by atoms with Crippen LogP contribution in [0.4, 0.5) is 11.5 Å². The van der Waals surface area contributed by atoms with Crippen molar-refractivity contribution in [3.63, 3.8) is 0 Å². The number of nitrogen functional groups attached to an aromatic ring is 1. The summed E-state index contributed by atoms with van der Waals surface area (Å²) < 4.78 is 0. The lowest BCUT2D eigenvalue weighted by Gasteiger charge is -2.09. The van der Waals surface area contributed by atoms with Gasteiger partial charge in [-0.25, -0.2) is 4.98 Å². The van der Waals surface area contributed by atoms with Crippen molar-refractivity contribution < 1.29 is 0 Å². The molecular weight excluding hydrogens is 222 g/mol. The van der Waals surface area contributed by atoms with Crippen LogP contribution in [0.3, 0.4) is 0 Å². The predicted octanol–water partition coefficient (Wildman–Crippen LogP) is 3.07. The van der Waals surface area contributed by atoms with Gasteiger partial charge >= 0.3 is 0 Å². The summed E-state index contributed by atoms with van der Waals surface area (Å²) in [6.45, 7) is 4.31. The molecule has 82 valence electrons. The number of pyridine rings is 1. The summed E-state index contributed by atoms with van der Waals surface area (Å²) in [4.78, 5) is 4.26. The summed E-state index contributed by atoms with van der Waals surface area (Å²) in [5.74, 6) is 0.792. The van der Waals surface area contributed by atoms with Crippen molar-refractivity contribution in [3.05, 3.63) is 42.1 Å². The fraction of sp³-hybridized carbons (Fsp3) is 0.0833. The Labute approximate surface area is 98.9 Å². The maximum atomic E-state index is 5.96. The Bertz CT molecular complexity index is 537. The van der Waals surface area contributed by atoms with Gasteiger partial charge in [0.1, 0.15) is 5.82 Å². The summed E-state index contributed by atoms with van der Waals surface area (Å²) in [6.07, 6.45) is 3.49. The normalized spacial score (nSPS) is 10.3. The van der Waals surface area contributed by atoms with E-state index in [0.717, 1.165) is 16.6 Å². The van der Waals surface area contributed by atoms with E-state index in [1.165, 1.54) is 0 Å². The molecule has 0 unspecified atom stereocenters. The average molecular weight is 234 g/mol. The first-order valence-corrected chi connectivity index (χ1v) is 5.29. The van der Waals surface area contributed by atoms with Crippen LogP contribution in [-0.4, -0.2) is 11.5 Å². The molecule has 1 heterocycles. The lowest BCUT2D eigenvalue weighted by molar-refractivity contribution is 1.25. The number of halogens is 1. The Morgan fingerprint density at radius 1 is 1.38 bits per heavy atom. The summed E-state index contributed by atoms with van der Waals surface area (Å²) in [7, 11) is 0. The smallest absolute Gasteiger partial charge is 0.134 e. The second kappa shape index (κ2) is 4.41. The van der Waals surface area contributed by atoms with Crippen molar-refractivity contribution in [1.29, 1.82) is 0 Å². The van der Waals surface area contributed by atoms with Gasteiger partial charge < -0.3 is 11.1 Å². The average Bonchev–Trinajstić information content (AvgIpc) is 2.31. The molecule has 0 spiro atoms. The van der Waals surface area contributed by atoms with Gasteiger partial charge in [0.25, 0.3) is 0 Å². The number of fused-ring (bicyclic) bond motifs is 1. The van der Waals surface area contributed by atoms with E-state index < -0.39 is 0 Å². The molecule has 0 aliphatic carbocycles.